The van der Waals surface area contributed by atoms with Gasteiger partial charge in [0.25, 0.3) is 5.91 Å². The zero-order chi connectivity index (χ0) is 18.6. The third-order valence-corrected chi connectivity index (χ3v) is 5.27. The summed E-state index contributed by atoms with van der Waals surface area (Å²) < 4.78 is 5.46. The first-order valence-electron chi connectivity index (χ1n) is 9.42. The van der Waals surface area contributed by atoms with Gasteiger partial charge >= 0.3 is 0 Å². The summed E-state index contributed by atoms with van der Waals surface area (Å²) >= 11 is 0. The summed E-state index contributed by atoms with van der Waals surface area (Å²) in [4.78, 5) is 19.2. The van der Waals surface area contributed by atoms with Crippen molar-refractivity contribution in [3.8, 4) is 11.3 Å². The maximum atomic E-state index is 13.1. The summed E-state index contributed by atoms with van der Waals surface area (Å²) in [5.41, 5.74) is 3.34. The van der Waals surface area contributed by atoms with Crippen molar-refractivity contribution in [3.63, 3.8) is 0 Å². The first-order chi connectivity index (χ1) is 13.2. The molecule has 0 unspecified atom stereocenters. The molecule has 138 valence electrons. The van der Waals surface area contributed by atoms with Crippen LogP contribution >= 0.6 is 0 Å². The molecule has 0 radical (unpaired) electrons. The number of aromatic nitrogens is 2. The Morgan fingerprint density at radius 1 is 1.15 bits per heavy atom. The molecule has 0 atom stereocenters. The van der Waals surface area contributed by atoms with Crippen LogP contribution < -0.4 is 0 Å². The van der Waals surface area contributed by atoms with Gasteiger partial charge in [-0.05, 0) is 49.8 Å². The van der Waals surface area contributed by atoms with E-state index in [4.69, 9.17) is 4.52 Å². The van der Waals surface area contributed by atoms with Gasteiger partial charge in [0.05, 0.1) is 5.69 Å². The highest BCUT2D eigenvalue weighted by Gasteiger charge is 2.29. The van der Waals surface area contributed by atoms with Gasteiger partial charge in [-0.2, -0.15) is 0 Å². The highest BCUT2D eigenvalue weighted by atomic mass is 16.5. The molecule has 0 N–H and O–H groups in total. The molecule has 0 bridgehead atoms. The van der Waals surface area contributed by atoms with Crippen molar-refractivity contribution >= 4 is 5.91 Å². The van der Waals surface area contributed by atoms with Crippen LogP contribution in [0.2, 0.25) is 0 Å². The van der Waals surface area contributed by atoms with E-state index in [1.54, 1.807) is 12.4 Å². The van der Waals surface area contributed by atoms with Crippen LogP contribution in [-0.2, 0) is 6.42 Å². The highest BCUT2D eigenvalue weighted by Crippen LogP contribution is 2.29. The lowest BCUT2D eigenvalue weighted by atomic mass is 9.90. The van der Waals surface area contributed by atoms with Gasteiger partial charge in [-0.3, -0.25) is 9.78 Å². The lowest BCUT2D eigenvalue weighted by molar-refractivity contribution is 0.0690. The molecule has 27 heavy (non-hydrogen) atoms. The first-order valence-corrected chi connectivity index (χ1v) is 9.42. The van der Waals surface area contributed by atoms with Crippen molar-refractivity contribution in [2.24, 2.45) is 5.92 Å². The maximum Gasteiger partial charge on any atom is 0.259 e. The van der Waals surface area contributed by atoms with Gasteiger partial charge < -0.3 is 9.42 Å². The Balaban J connectivity index is 1.45. The quantitative estimate of drug-likeness (QED) is 0.701. The Morgan fingerprint density at radius 2 is 1.93 bits per heavy atom. The first kappa shape index (κ1) is 17.5. The predicted octanol–water partition coefficient (Wildman–Crippen LogP) is 4.14. The van der Waals surface area contributed by atoms with Gasteiger partial charge in [0.1, 0.15) is 5.56 Å². The van der Waals surface area contributed by atoms with E-state index in [2.05, 4.69) is 34.4 Å². The van der Waals surface area contributed by atoms with Crippen molar-refractivity contribution in [2.45, 2.75) is 26.2 Å². The number of nitrogens with zero attached hydrogens (tertiary/aromatic N) is 3. The largest absolute Gasteiger partial charge is 0.355 e. The van der Waals surface area contributed by atoms with Gasteiger partial charge in [0, 0.05) is 31.0 Å². The number of aryl methyl sites for hydroxylation is 1. The molecule has 1 aromatic carbocycles. The number of benzene rings is 1. The lowest BCUT2D eigenvalue weighted by Crippen LogP contribution is -2.39. The van der Waals surface area contributed by atoms with Crippen LogP contribution in [-0.4, -0.2) is 34.0 Å². The van der Waals surface area contributed by atoms with E-state index in [9.17, 15) is 4.79 Å². The molecule has 4 rings (SSSR count). The fraction of sp³-hybridized carbons (Fsp3) is 0.318. The number of rotatable bonds is 4. The zero-order valence-corrected chi connectivity index (χ0v) is 15.5. The van der Waals surface area contributed by atoms with Gasteiger partial charge in [-0.25, -0.2) is 0 Å². The monoisotopic (exact) mass is 361 g/mol. The minimum Gasteiger partial charge on any atom is -0.355 e. The second-order valence-electron chi connectivity index (χ2n) is 7.14. The van der Waals surface area contributed by atoms with Crippen molar-refractivity contribution in [3.05, 3.63) is 71.7 Å². The van der Waals surface area contributed by atoms with E-state index < -0.39 is 0 Å². The van der Waals surface area contributed by atoms with Gasteiger partial charge in [0.15, 0.2) is 5.76 Å². The molecule has 1 aliphatic rings. The molecule has 3 aromatic rings. The summed E-state index contributed by atoms with van der Waals surface area (Å²) in [6.07, 6.45) is 6.52. The normalized spacial score (nSPS) is 15.1. The highest BCUT2D eigenvalue weighted by molar-refractivity contribution is 6.00. The van der Waals surface area contributed by atoms with Crippen molar-refractivity contribution in [2.75, 3.05) is 13.1 Å². The van der Waals surface area contributed by atoms with Crippen molar-refractivity contribution in [1.82, 2.24) is 15.0 Å². The number of hydrogen-bond donors (Lipinski definition) is 0. The molecule has 1 fully saturated rings. The molecular formula is C22H23N3O2. The predicted molar refractivity (Wildman–Crippen MR) is 103 cm³/mol. The van der Waals surface area contributed by atoms with Crippen molar-refractivity contribution in [1.29, 1.82) is 0 Å². The molecule has 5 heteroatoms. The molecule has 0 aliphatic carbocycles. The zero-order valence-electron chi connectivity index (χ0n) is 15.5. The van der Waals surface area contributed by atoms with E-state index in [-0.39, 0.29) is 5.91 Å². The molecule has 0 spiro atoms. The summed E-state index contributed by atoms with van der Waals surface area (Å²) in [7, 11) is 0. The summed E-state index contributed by atoms with van der Waals surface area (Å²) in [6.45, 7) is 3.36. The molecule has 1 aliphatic heterocycles. The second kappa shape index (κ2) is 7.74. The lowest BCUT2D eigenvalue weighted by Gasteiger charge is -2.32. The third kappa shape index (κ3) is 3.77. The van der Waals surface area contributed by atoms with Gasteiger partial charge in [-0.1, -0.05) is 35.5 Å². The minimum atomic E-state index is 0.00534. The molecule has 2 aromatic heterocycles. The van der Waals surface area contributed by atoms with Crippen molar-refractivity contribution < 1.29 is 9.32 Å². The third-order valence-electron chi connectivity index (χ3n) is 5.27. The van der Waals surface area contributed by atoms with Crippen LogP contribution in [0.4, 0.5) is 0 Å². The van der Waals surface area contributed by atoms with Crippen LogP contribution in [0.1, 0.15) is 34.5 Å². The maximum absolute atomic E-state index is 13.1. The summed E-state index contributed by atoms with van der Waals surface area (Å²) in [5.74, 6) is 1.14. The van der Waals surface area contributed by atoms with Crippen LogP contribution in [0.5, 0.6) is 0 Å². The number of carbonyl (C=O) groups excluding carboxylic acids is 1. The Hall–Kier alpha value is -2.95. The number of carbonyl (C=O) groups is 1. The standard InChI is InChI=1S/C22H23N3O2/c1-16-20(21(27-24-16)19-8-5-11-23-15-19)22(26)25-12-9-18(10-13-25)14-17-6-3-2-4-7-17/h2-8,11,15,18H,9-10,12-14H2,1H3. The average Bonchev–Trinajstić information content (AvgIpc) is 3.11. The average molecular weight is 361 g/mol. The van der Waals surface area contributed by atoms with E-state index in [0.717, 1.165) is 37.9 Å². The summed E-state index contributed by atoms with van der Waals surface area (Å²) in [6, 6.07) is 14.3. The molecule has 5 nitrogen and oxygen atoms in total. The molecule has 3 heterocycles. The fourth-order valence-electron chi connectivity index (χ4n) is 3.76. The number of amides is 1. The Kier molecular flexibility index (Phi) is 5.01. The Morgan fingerprint density at radius 3 is 2.63 bits per heavy atom. The van der Waals surface area contributed by atoms with E-state index in [1.807, 2.05) is 30.0 Å². The number of piperidine rings is 1. The van der Waals surface area contributed by atoms with E-state index >= 15 is 0 Å². The smallest absolute Gasteiger partial charge is 0.259 e. The number of hydrogen-bond acceptors (Lipinski definition) is 4. The second-order valence-corrected chi connectivity index (χ2v) is 7.14. The summed E-state index contributed by atoms with van der Waals surface area (Å²) in [5, 5.41) is 4.03. The van der Waals surface area contributed by atoms with Gasteiger partial charge in [-0.15, -0.1) is 0 Å². The van der Waals surface area contributed by atoms with Crippen LogP contribution in [0, 0.1) is 12.8 Å². The molecular weight excluding hydrogens is 338 g/mol. The number of likely N-dealkylation sites (tertiary alicyclic amines) is 1. The van der Waals surface area contributed by atoms with E-state index in [1.165, 1.54) is 5.56 Å². The Bertz CT molecular complexity index is 898. The van der Waals surface area contributed by atoms with Crippen LogP contribution in [0.15, 0.2) is 59.4 Å². The topological polar surface area (TPSA) is 59.2 Å². The van der Waals surface area contributed by atoms with Crippen LogP contribution in [0.3, 0.4) is 0 Å². The molecule has 0 saturated carbocycles. The van der Waals surface area contributed by atoms with E-state index in [0.29, 0.717) is 22.9 Å². The SMILES string of the molecule is Cc1noc(-c2cccnc2)c1C(=O)N1CCC(Cc2ccccc2)CC1. The fourth-order valence-corrected chi connectivity index (χ4v) is 3.76. The Labute approximate surface area is 159 Å². The molecule has 1 saturated heterocycles. The van der Waals surface area contributed by atoms with Gasteiger partial charge in [0.2, 0.25) is 0 Å². The van der Waals surface area contributed by atoms with Crippen LogP contribution in [0.25, 0.3) is 11.3 Å². The number of pyridine rings is 1. The minimum absolute atomic E-state index is 0.00534. The molecule has 1 amide bonds.